The van der Waals surface area contributed by atoms with Crippen molar-refractivity contribution in [3.8, 4) is 0 Å². The summed E-state index contributed by atoms with van der Waals surface area (Å²) in [5.41, 5.74) is 0.215. The molecule has 30 heavy (non-hydrogen) atoms. The van der Waals surface area contributed by atoms with Crippen molar-refractivity contribution in [3.05, 3.63) is 65.4 Å². The van der Waals surface area contributed by atoms with Crippen molar-refractivity contribution in [2.24, 2.45) is 0 Å². The summed E-state index contributed by atoms with van der Waals surface area (Å²) in [7, 11) is 0. The standard InChI is InChI=1S/C22H23FN2O5/c23-16-6-4-15(5-7-16)20(26)18-19(17-3-1-12-30-17)25(22(28)21(18)27)9-2-8-24-10-13-29-14-11-24/h1,3-7,12,19,26H,2,8-11,13-14H2/t19-/m1/s1. The van der Waals surface area contributed by atoms with E-state index in [4.69, 9.17) is 9.15 Å². The monoisotopic (exact) mass is 414 g/mol. The Hall–Kier alpha value is -2.97. The van der Waals surface area contributed by atoms with Crippen molar-refractivity contribution in [2.45, 2.75) is 12.5 Å². The average Bonchev–Trinajstić information content (AvgIpc) is 3.37. The molecule has 2 aromatic rings. The molecular weight excluding hydrogens is 391 g/mol. The van der Waals surface area contributed by atoms with Gasteiger partial charge in [0.15, 0.2) is 0 Å². The number of furan rings is 1. The summed E-state index contributed by atoms with van der Waals surface area (Å²) in [5.74, 6) is -1.86. The van der Waals surface area contributed by atoms with E-state index in [9.17, 15) is 19.1 Å². The highest BCUT2D eigenvalue weighted by Gasteiger charge is 2.47. The Balaban J connectivity index is 1.61. The number of likely N-dealkylation sites (tertiary alicyclic amines) is 1. The number of Topliss-reactive ketones (excluding diaryl/α,β-unsaturated/α-hetero) is 1. The number of rotatable bonds is 6. The van der Waals surface area contributed by atoms with Gasteiger partial charge in [-0.2, -0.15) is 0 Å². The van der Waals surface area contributed by atoms with Gasteiger partial charge < -0.3 is 19.2 Å². The molecule has 7 nitrogen and oxygen atoms in total. The lowest BCUT2D eigenvalue weighted by Crippen LogP contribution is -2.38. The molecule has 1 N–H and O–H groups in total. The van der Waals surface area contributed by atoms with Crippen LogP contribution in [-0.4, -0.2) is 66.0 Å². The first-order chi connectivity index (χ1) is 14.6. The number of hydrogen-bond donors (Lipinski definition) is 1. The van der Waals surface area contributed by atoms with Crippen LogP contribution in [-0.2, 0) is 14.3 Å². The summed E-state index contributed by atoms with van der Waals surface area (Å²) in [5, 5.41) is 10.8. The molecule has 2 saturated heterocycles. The molecule has 2 aliphatic heterocycles. The molecule has 0 unspecified atom stereocenters. The van der Waals surface area contributed by atoms with Gasteiger partial charge in [0.05, 0.1) is 25.1 Å². The lowest BCUT2D eigenvalue weighted by Gasteiger charge is -2.28. The largest absolute Gasteiger partial charge is 0.507 e. The lowest BCUT2D eigenvalue weighted by atomic mass is 9.99. The van der Waals surface area contributed by atoms with Crippen LogP contribution in [0.3, 0.4) is 0 Å². The highest BCUT2D eigenvalue weighted by atomic mass is 19.1. The van der Waals surface area contributed by atoms with Crippen LogP contribution in [0.4, 0.5) is 4.39 Å². The summed E-state index contributed by atoms with van der Waals surface area (Å²) in [6, 6.07) is 7.63. The predicted octanol–water partition coefficient (Wildman–Crippen LogP) is 2.56. The van der Waals surface area contributed by atoms with Crippen LogP contribution >= 0.6 is 0 Å². The van der Waals surface area contributed by atoms with Gasteiger partial charge in [0.2, 0.25) is 0 Å². The normalized spacial score (nSPS) is 22.0. The number of halogens is 1. The van der Waals surface area contributed by atoms with Gasteiger partial charge in [-0.25, -0.2) is 4.39 Å². The van der Waals surface area contributed by atoms with E-state index in [2.05, 4.69) is 4.90 Å². The number of carbonyl (C=O) groups excluding carboxylic acids is 2. The summed E-state index contributed by atoms with van der Waals surface area (Å²) < 4.78 is 24.1. The van der Waals surface area contributed by atoms with Gasteiger partial charge in [-0.3, -0.25) is 14.5 Å². The molecule has 0 radical (unpaired) electrons. The molecule has 0 aliphatic carbocycles. The first kappa shape index (κ1) is 20.3. The predicted molar refractivity (Wildman–Crippen MR) is 106 cm³/mol. The number of morpholine rings is 1. The fourth-order valence-corrected chi connectivity index (χ4v) is 3.91. The van der Waals surface area contributed by atoms with Crippen molar-refractivity contribution in [1.82, 2.24) is 9.80 Å². The van der Waals surface area contributed by atoms with E-state index in [0.717, 1.165) is 19.6 Å². The third kappa shape index (κ3) is 4.01. The highest BCUT2D eigenvalue weighted by Crippen LogP contribution is 2.39. The minimum Gasteiger partial charge on any atom is -0.507 e. The molecule has 158 valence electrons. The molecule has 1 aromatic carbocycles. The summed E-state index contributed by atoms with van der Waals surface area (Å²) in [6.07, 6.45) is 2.13. The maximum absolute atomic E-state index is 13.3. The van der Waals surface area contributed by atoms with E-state index in [1.807, 2.05) is 0 Å². The van der Waals surface area contributed by atoms with Crippen molar-refractivity contribution in [1.29, 1.82) is 0 Å². The van der Waals surface area contributed by atoms with Crippen molar-refractivity contribution < 1.29 is 28.2 Å². The molecule has 1 aromatic heterocycles. The minimum absolute atomic E-state index is 0.0482. The number of carbonyl (C=O) groups is 2. The van der Waals surface area contributed by atoms with Crippen molar-refractivity contribution in [2.75, 3.05) is 39.4 Å². The van der Waals surface area contributed by atoms with Gasteiger partial charge >= 0.3 is 0 Å². The smallest absolute Gasteiger partial charge is 0.295 e. The maximum Gasteiger partial charge on any atom is 0.295 e. The minimum atomic E-state index is -0.824. The molecular formula is C22H23FN2O5. The van der Waals surface area contributed by atoms with Gasteiger partial charge in [-0.1, -0.05) is 0 Å². The first-order valence-electron chi connectivity index (χ1n) is 9.94. The zero-order valence-corrected chi connectivity index (χ0v) is 16.4. The second-order valence-electron chi connectivity index (χ2n) is 7.32. The van der Waals surface area contributed by atoms with E-state index in [-0.39, 0.29) is 16.9 Å². The zero-order chi connectivity index (χ0) is 21.1. The third-order valence-corrected chi connectivity index (χ3v) is 5.45. The van der Waals surface area contributed by atoms with Crippen LogP contribution in [0.1, 0.15) is 23.8 Å². The molecule has 2 aliphatic rings. The molecule has 4 rings (SSSR count). The maximum atomic E-state index is 13.3. The number of benzene rings is 1. The molecule has 0 bridgehead atoms. The van der Waals surface area contributed by atoms with Crippen LogP contribution in [0, 0.1) is 5.82 Å². The van der Waals surface area contributed by atoms with Crippen LogP contribution in [0.2, 0.25) is 0 Å². The fourth-order valence-electron chi connectivity index (χ4n) is 3.91. The number of aliphatic hydroxyl groups excluding tert-OH is 1. The third-order valence-electron chi connectivity index (χ3n) is 5.45. The topological polar surface area (TPSA) is 83.2 Å². The Morgan fingerprint density at radius 1 is 1.10 bits per heavy atom. The number of amides is 1. The molecule has 3 heterocycles. The number of nitrogens with zero attached hydrogens (tertiary/aromatic N) is 2. The summed E-state index contributed by atoms with van der Waals surface area (Å²) >= 11 is 0. The Kier molecular flexibility index (Phi) is 5.96. The number of aliphatic hydroxyl groups is 1. The van der Waals surface area contributed by atoms with Crippen LogP contribution in [0.5, 0.6) is 0 Å². The first-order valence-corrected chi connectivity index (χ1v) is 9.94. The van der Waals surface area contributed by atoms with Gasteiger partial charge in [-0.05, 0) is 42.8 Å². The number of ketones is 1. The fraction of sp³-hybridized carbons (Fsp3) is 0.364. The Morgan fingerprint density at radius 3 is 2.50 bits per heavy atom. The number of hydrogen-bond acceptors (Lipinski definition) is 6. The average molecular weight is 414 g/mol. The second-order valence-corrected chi connectivity index (χ2v) is 7.32. The molecule has 8 heteroatoms. The van der Waals surface area contributed by atoms with E-state index in [1.165, 1.54) is 35.4 Å². The van der Waals surface area contributed by atoms with E-state index < -0.39 is 23.5 Å². The molecule has 0 spiro atoms. The van der Waals surface area contributed by atoms with Gasteiger partial charge in [0.1, 0.15) is 23.4 Å². The second kappa shape index (κ2) is 8.81. The molecule has 1 atom stereocenters. The van der Waals surface area contributed by atoms with Gasteiger partial charge in [0, 0.05) is 31.7 Å². The highest BCUT2D eigenvalue weighted by molar-refractivity contribution is 6.46. The lowest BCUT2D eigenvalue weighted by molar-refractivity contribution is -0.140. The number of ether oxygens (including phenoxy) is 1. The van der Waals surface area contributed by atoms with E-state index in [1.54, 1.807) is 12.1 Å². The molecule has 1 amide bonds. The van der Waals surface area contributed by atoms with Crippen LogP contribution in [0.15, 0.2) is 52.7 Å². The Bertz CT molecular complexity index is 933. The zero-order valence-electron chi connectivity index (χ0n) is 16.4. The molecule has 0 saturated carbocycles. The van der Waals surface area contributed by atoms with Crippen molar-refractivity contribution in [3.63, 3.8) is 0 Å². The SMILES string of the molecule is O=C1C(=O)N(CCCN2CCOCC2)[C@H](c2ccco2)C1=C(O)c1ccc(F)cc1. The summed E-state index contributed by atoms with van der Waals surface area (Å²) in [4.78, 5) is 29.3. The Morgan fingerprint density at radius 2 is 1.83 bits per heavy atom. The van der Waals surface area contributed by atoms with Gasteiger partial charge in [-0.15, -0.1) is 0 Å². The molecule has 2 fully saturated rings. The van der Waals surface area contributed by atoms with Gasteiger partial charge in [0.25, 0.3) is 11.7 Å². The quantitative estimate of drug-likeness (QED) is 0.444. The Labute approximate surface area is 173 Å². The van der Waals surface area contributed by atoms with E-state index >= 15 is 0 Å². The van der Waals surface area contributed by atoms with E-state index in [0.29, 0.717) is 31.9 Å². The van der Waals surface area contributed by atoms with Crippen LogP contribution < -0.4 is 0 Å². The van der Waals surface area contributed by atoms with Crippen molar-refractivity contribution >= 4 is 17.4 Å². The summed E-state index contributed by atoms with van der Waals surface area (Å²) in [6.45, 7) is 4.17. The van der Waals surface area contributed by atoms with Crippen LogP contribution in [0.25, 0.3) is 5.76 Å².